The van der Waals surface area contributed by atoms with E-state index in [9.17, 15) is 5.11 Å². The molecule has 0 bridgehead atoms. The maximum atomic E-state index is 9.71. The molecule has 0 spiro atoms. The second-order valence-electron chi connectivity index (χ2n) is 3.34. The Labute approximate surface area is 68.5 Å². The Morgan fingerprint density at radius 1 is 1.45 bits per heavy atom. The van der Waals surface area contributed by atoms with Gasteiger partial charge in [-0.2, -0.15) is 0 Å². The molecule has 1 N–H and O–H groups in total. The molecule has 1 heterocycles. The molecule has 0 aromatic carbocycles. The number of nitrogens with zero attached hydrogens (tertiary/aromatic N) is 1. The Hall–Kier alpha value is -0.500. The first-order valence-electron chi connectivity index (χ1n) is 4.30. The van der Waals surface area contributed by atoms with Crippen LogP contribution in [0.1, 0.15) is 33.6 Å². The molecule has 0 radical (unpaired) electrons. The van der Waals surface area contributed by atoms with Gasteiger partial charge in [0.1, 0.15) is 0 Å². The largest absolute Gasteiger partial charge is 0.391 e. The highest BCUT2D eigenvalue weighted by atomic mass is 16.3. The summed E-state index contributed by atoms with van der Waals surface area (Å²) in [5, 5.41) is 9.71. The van der Waals surface area contributed by atoms with Crippen LogP contribution in [-0.2, 0) is 0 Å². The fourth-order valence-electron chi connectivity index (χ4n) is 1.40. The van der Waals surface area contributed by atoms with Crippen LogP contribution in [0.15, 0.2) is 12.4 Å². The molecular weight excluding hydrogens is 138 g/mol. The van der Waals surface area contributed by atoms with Crippen molar-refractivity contribution in [2.75, 3.05) is 0 Å². The molecule has 2 unspecified atom stereocenters. The van der Waals surface area contributed by atoms with E-state index >= 15 is 0 Å². The Kier molecular flexibility index (Phi) is 2.23. The molecule has 0 aromatic rings. The quantitative estimate of drug-likeness (QED) is 0.668. The summed E-state index contributed by atoms with van der Waals surface area (Å²) in [4.78, 5) is 2.10. The zero-order chi connectivity index (χ0) is 8.48. The summed E-state index contributed by atoms with van der Waals surface area (Å²) in [7, 11) is 0. The summed E-state index contributed by atoms with van der Waals surface area (Å²) in [6.07, 6.45) is 5.62. The highest BCUT2D eigenvalue weighted by molar-refractivity contribution is 5.12. The van der Waals surface area contributed by atoms with Gasteiger partial charge in [-0.3, -0.25) is 0 Å². The lowest BCUT2D eigenvalue weighted by Crippen LogP contribution is -2.45. The third kappa shape index (κ3) is 1.41. The summed E-state index contributed by atoms with van der Waals surface area (Å²) in [5.74, 6) is 0. The average Bonchev–Trinajstić information content (AvgIpc) is 2.84. The Morgan fingerprint density at radius 2 is 2.00 bits per heavy atom. The normalized spacial score (nSPS) is 23.1. The summed E-state index contributed by atoms with van der Waals surface area (Å²) < 4.78 is 0. The molecule has 0 saturated heterocycles. The first kappa shape index (κ1) is 8.60. The zero-order valence-electron chi connectivity index (χ0n) is 7.54. The van der Waals surface area contributed by atoms with Gasteiger partial charge in [-0.1, -0.05) is 13.8 Å². The maximum absolute atomic E-state index is 9.71. The van der Waals surface area contributed by atoms with Crippen LogP contribution in [0.3, 0.4) is 0 Å². The molecule has 2 atom stereocenters. The van der Waals surface area contributed by atoms with Crippen molar-refractivity contribution >= 4 is 0 Å². The molecule has 2 nitrogen and oxygen atoms in total. The van der Waals surface area contributed by atoms with Gasteiger partial charge in [0.2, 0.25) is 0 Å². The zero-order valence-corrected chi connectivity index (χ0v) is 7.54. The van der Waals surface area contributed by atoms with Gasteiger partial charge in [0, 0.05) is 12.4 Å². The van der Waals surface area contributed by atoms with Crippen LogP contribution in [0.25, 0.3) is 0 Å². The molecule has 0 saturated carbocycles. The van der Waals surface area contributed by atoms with E-state index in [2.05, 4.69) is 18.7 Å². The second kappa shape index (κ2) is 2.86. The summed E-state index contributed by atoms with van der Waals surface area (Å²) in [6, 6.07) is 0. The van der Waals surface area contributed by atoms with Crippen molar-refractivity contribution in [3.05, 3.63) is 12.4 Å². The second-order valence-corrected chi connectivity index (χ2v) is 3.34. The molecule has 0 fully saturated rings. The van der Waals surface area contributed by atoms with Gasteiger partial charge in [0.05, 0.1) is 11.6 Å². The smallest absolute Gasteiger partial charge is 0.0769 e. The van der Waals surface area contributed by atoms with E-state index in [0.717, 1.165) is 12.8 Å². The SMILES string of the molecule is CCC(O)C(C)(CC)N1C=C1. The van der Waals surface area contributed by atoms with Crippen molar-refractivity contribution in [2.24, 2.45) is 0 Å². The summed E-state index contributed by atoms with van der Waals surface area (Å²) >= 11 is 0. The van der Waals surface area contributed by atoms with Crippen molar-refractivity contribution in [2.45, 2.75) is 45.3 Å². The fraction of sp³-hybridized carbons (Fsp3) is 0.778. The van der Waals surface area contributed by atoms with Crippen molar-refractivity contribution in [1.82, 2.24) is 4.90 Å². The van der Waals surface area contributed by atoms with Gasteiger partial charge in [0.15, 0.2) is 0 Å². The molecule has 1 aliphatic heterocycles. The first-order chi connectivity index (χ1) is 5.15. The van der Waals surface area contributed by atoms with Crippen LogP contribution < -0.4 is 0 Å². The third-order valence-corrected chi connectivity index (χ3v) is 2.71. The summed E-state index contributed by atoms with van der Waals surface area (Å²) in [5.41, 5.74) is -0.0608. The fourth-order valence-corrected chi connectivity index (χ4v) is 1.40. The minimum Gasteiger partial charge on any atom is -0.391 e. The van der Waals surface area contributed by atoms with Gasteiger partial charge in [-0.25, -0.2) is 0 Å². The molecule has 1 rings (SSSR count). The van der Waals surface area contributed by atoms with E-state index in [4.69, 9.17) is 0 Å². The van der Waals surface area contributed by atoms with E-state index in [0.29, 0.717) is 0 Å². The van der Waals surface area contributed by atoms with Gasteiger partial charge in [0.25, 0.3) is 0 Å². The van der Waals surface area contributed by atoms with Gasteiger partial charge >= 0.3 is 0 Å². The van der Waals surface area contributed by atoms with Crippen LogP contribution >= 0.6 is 0 Å². The number of hydrogen-bond donors (Lipinski definition) is 1. The van der Waals surface area contributed by atoms with E-state index in [1.54, 1.807) is 0 Å². The standard InChI is InChI=1S/C9H17NO/c1-4-8(11)9(3,5-2)10-6-7-10/h6-8,11H,4-5H2,1-3H3. The molecule has 2 heteroatoms. The number of aliphatic hydroxyl groups excluding tert-OH is 1. The van der Waals surface area contributed by atoms with Gasteiger partial charge in [-0.05, 0) is 19.8 Å². The highest BCUT2D eigenvalue weighted by Crippen LogP contribution is 2.31. The predicted octanol–water partition coefficient (Wildman–Crippen LogP) is 1.71. The topological polar surface area (TPSA) is 23.2 Å². The third-order valence-electron chi connectivity index (χ3n) is 2.71. The number of rotatable bonds is 4. The van der Waals surface area contributed by atoms with E-state index in [1.165, 1.54) is 0 Å². The van der Waals surface area contributed by atoms with Crippen LogP contribution in [0.2, 0.25) is 0 Å². The predicted molar refractivity (Wildman–Crippen MR) is 46.0 cm³/mol. The molecular formula is C9H17NO. The van der Waals surface area contributed by atoms with Crippen molar-refractivity contribution in [3.63, 3.8) is 0 Å². The average molecular weight is 155 g/mol. The number of aliphatic hydroxyl groups is 1. The van der Waals surface area contributed by atoms with Crippen LogP contribution in [-0.4, -0.2) is 21.6 Å². The Balaban J connectivity index is 2.57. The van der Waals surface area contributed by atoms with E-state index < -0.39 is 0 Å². The molecule has 1 aliphatic rings. The van der Waals surface area contributed by atoms with Gasteiger partial charge in [-0.15, -0.1) is 0 Å². The Morgan fingerprint density at radius 3 is 2.27 bits per heavy atom. The highest BCUT2D eigenvalue weighted by Gasteiger charge is 2.37. The minimum atomic E-state index is -0.220. The number of hydrogen-bond acceptors (Lipinski definition) is 2. The first-order valence-corrected chi connectivity index (χ1v) is 4.30. The molecule has 11 heavy (non-hydrogen) atoms. The van der Waals surface area contributed by atoms with E-state index in [-0.39, 0.29) is 11.6 Å². The molecule has 0 aromatic heterocycles. The molecule has 64 valence electrons. The molecule has 0 amide bonds. The van der Waals surface area contributed by atoms with Crippen LogP contribution in [0.5, 0.6) is 0 Å². The maximum Gasteiger partial charge on any atom is 0.0769 e. The lowest BCUT2D eigenvalue weighted by molar-refractivity contribution is 0.0345. The lowest BCUT2D eigenvalue weighted by atomic mass is 9.90. The van der Waals surface area contributed by atoms with Gasteiger partial charge < -0.3 is 10.0 Å². The summed E-state index contributed by atoms with van der Waals surface area (Å²) in [6.45, 7) is 6.22. The minimum absolute atomic E-state index is 0.0608. The van der Waals surface area contributed by atoms with Crippen LogP contribution in [0, 0.1) is 0 Å². The van der Waals surface area contributed by atoms with Crippen LogP contribution in [0.4, 0.5) is 0 Å². The van der Waals surface area contributed by atoms with E-state index in [1.807, 2.05) is 19.3 Å². The van der Waals surface area contributed by atoms with Crippen molar-refractivity contribution < 1.29 is 5.11 Å². The lowest BCUT2D eigenvalue weighted by Gasteiger charge is -2.35. The van der Waals surface area contributed by atoms with Crippen molar-refractivity contribution in [1.29, 1.82) is 0 Å². The monoisotopic (exact) mass is 155 g/mol. The Bertz CT molecular complexity index is 161. The molecule has 0 aliphatic carbocycles. The van der Waals surface area contributed by atoms with Crippen molar-refractivity contribution in [3.8, 4) is 0 Å².